The van der Waals surface area contributed by atoms with Gasteiger partial charge in [0.25, 0.3) is 0 Å². The van der Waals surface area contributed by atoms with Gasteiger partial charge in [0.15, 0.2) is 0 Å². The lowest BCUT2D eigenvalue weighted by atomic mass is 10.0. The maximum Gasteiger partial charge on any atom is 0.0736 e. The third-order valence-electron chi connectivity index (χ3n) is 2.84. The molecule has 0 atom stereocenters. The number of rotatable bonds is 5. The molecule has 1 N–H and O–H groups in total. The van der Waals surface area contributed by atoms with Gasteiger partial charge in [-0.15, -0.1) is 11.8 Å². The van der Waals surface area contributed by atoms with E-state index in [9.17, 15) is 5.11 Å². The number of aliphatic hydroxyl groups is 1. The van der Waals surface area contributed by atoms with Crippen molar-refractivity contribution in [2.75, 3.05) is 5.75 Å². The van der Waals surface area contributed by atoms with E-state index in [0.29, 0.717) is 0 Å². The number of benzene rings is 1. The summed E-state index contributed by atoms with van der Waals surface area (Å²) in [6.45, 7) is 6.17. The Balaban J connectivity index is 2.53. The molecule has 15 heavy (non-hydrogen) atoms. The van der Waals surface area contributed by atoms with Crippen molar-refractivity contribution in [2.24, 2.45) is 0 Å². The molecule has 0 aliphatic heterocycles. The molecule has 0 saturated carbocycles. The van der Waals surface area contributed by atoms with Crippen LogP contribution in [0.3, 0.4) is 0 Å². The highest BCUT2D eigenvalue weighted by Crippen LogP contribution is 2.26. The van der Waals surface area contributed by atoms with E-state index in [4.69, 9.17) is 0 Å². The van der Waals surface area contributed by atoms with Gasteiger partial charge in [-0.25, -0.2) is 0 Å². The average Bonchev–Trinajstić information content (AvgIpc) is 2.28. The summed E-state index contributed by atoms with van der Waals surface area (Å²) in [5, 5.41) is 10.1. The van der Waals surface area contributed by atoms with Crippen molar-refractivity contribution in [1.82, 2.24) is 0 Å². The molecule has 1 aromatic rings. The third-order valence-corrected chi connectivity index (χ3v) is 4.13. The molecule has 0 heterocycles. The number of hydrogen-bond acceptors (Lipinski definition) is 2. The van der Waals surface area contributed by atoms with E-state index in [-0.39, 0.29) is 0 Å². The Bertz CT molecular complexity index is 288. The number of thioether (sulfide) groups is 1. The summed E-state index contributed by atoms with van der Waals surface area (Å²) in [6.07, 6.45) is 1.64. The van der Waals surface area contributed by atoms with Gasteiger partial charge in [-0.2, -0.15) is 0 Å². The van der Waals surface area contributed by atoms with Gasteiger partial charge in [0.1, 0.15) is 0 Å². The van der Waals surface area contributed by atoms with Gasteiger partial charge < -0.3 is 5.11 Å². The zero-order chi connectivity index (χ0) is 11.3. The van der Waals surface area contributed by atoms with Crippen LogP contribution in [-0.4, -0.2) is 16.5 Å². The first-order chi connectivity index (χ1) is 7.09. The van der Waals surface area contributed by atoms with Crippen LogP contribution < -0.4 is 0 Å². The van der Waals surface area contributed by atoms with Gasteiger partial charge in [-0.3, -0.25) is 0 Å². The van der Waals surface area contributed by atoms with E-state index < -0.39 is 5.60 Å². The van der Waals surface area contributed by atoms with Gasteiger partial charge in [0.2, 0.25) is 0 Å². The summed E-state index contributed by atoms with van der Waals surface area (Å²) >= 11 is 1.74. The summed E-state index contributed by atoms with van der Waals surface area (Å²) in [5.74, 6) is 0.781. The van der Waals surface area contributed by atoms with Gasteiger partial charge in [-0.05, 0) is 31.9 Å². The summed E-state index contributed by atoms with van der Waals surface area (Å²) in [6, 6.07) is 8.45. The van der Waals surface area contributed by atoms with Crippen molar-refractivity contribution in [3.63, 3.8) is 0 Å². The van der Waals surface area contributed by atoms with Crippen molar-refractivity contribution in [3.8, 4) is 0 Å². The fourth-order valence-electron chi connectivity index (χ4n) is 1.31. The normalized spacial score (nSPS) is 11.7. The number of aryl methyl sites for hydroxylation is 1. The minimum absolute atomic E-state index is 0.504. The number of hydrogen-bond donors (Lipinski definition) is 1. The fourth-order valence-corrected chi connectivity index (χ4v) is 2.48. The van der Waals surface area contributed by atoms with Crippen LogP contribution in [0.15, 0.2) is 29.2 Å². The molecule has 2 heteroatoms. The van der Waals surface area contributed by atoms with E-state index in [1.54, 1.807) is 11.8 Å². The molecule has 0 aliphatic rings. The van der Waals surface area contributed by atoms with Crippen molar-refractivity contribution in [1.29, 1.82) is 0 Å². The fraction of sp³-hybridized carbons (Fsp3) is 0.538. The smallest absolute Gasteiger partial charge is 0.0736 e. The second-order valence-corrected chi connectivity index (χ2v) is 5.08. The van der Waals surface area contributed by atoms with Crippen molar-refractivity contribution in [2.45, 2.75) is 44.1 Å². The van der Waals surface area contributed by atoms with Crippen LogP contribution in [-0.2, 0) is 0 Å². The van der Waals surface area contributed by atoms with Crippen LogP contribution >= 0.6 is 11.8 Å². The van der Waals surface area contributed by atoms with E-state index >= 15 is 0 Å². The quantitative estimate of drug-likeness (QED) is 0.771. The highest BCUT2D eigenvalue weighted by atomic mass is 32.2. The van der Waals surface area contributed by atoms with E-state index in [0.717, 1.165) is 18.6 Å². The summed E-state index contributed by atoms with van der Waals surface area (Å²) in [7, 11) is 0. The largest absolute Gasteiger partial charge is 0.389 e. The highest BCUT2D eigenvalue weighted by molar-refractivity contribution is 7.99. The molecule has 0 saturated heterocycles. The Hall–Kier alpha value is -0.470. The lowest BCUT2D eigenvalue weighted by Gasteiger charge is -2.24. The van der Waals surface area contributed by atoms with E-state index in [2.05, 4.69) is 31.2 Å². The molecule has 1 rings (SSSR count). The van der Waals surface area contributed by atoms with Crippen molar-refractivity contribution in [3.05, 3.63) is 29.8 Å². The third kappa shape index (κ3) is 3.88. The molecule has 0 radical (unpaired) electrons. The molecule has 0 aliphatic carbocycles. The lowest BCUT2D eigenvalue weighted by molar-refractivity contribution is 0.0572. The predicted molar refractivity (Wildman–Crippen MR) is 67.4 cm³/mol. The summed E-state index contributed by atoms with van der Waals surface area (Å²) in [5.41, 5.74) is 0.774. The van der Waals surface area contributed by atoms with Crippen LogP contribution in [0.4, 0.5) is 0 Å². The Morgan fingerprint density at radius 2 is 1.67 bits per heavy atom. The first kappa shape index (κ1) is 12.6. The van der Waals surface area contributed by atoms with E-state index in [1.807, 2.05) is 13.8 Å². The molecule has 0 bridgehead atoms. The molecule has 0 amide bonds. The molecular weight excluding hydrogens is 204 g/mol. The van der Waals surface area contributed by atoms with Crippen molar-refractivity contribution < 1.29 is 5.11 Å². The Morgan fingerprint density at radius 1 is 1.13 bits per heavy atom. The summed E-state index contributed by atoms with van der Waals surface area (Å²) in [4.78, 5) is 1.24. The average molecular weight is 224 g/mol. The second-order valence-electron chi connectivity index (χ2n) is 4.03. The maximum atomic E-state index is 10.1. The van der Waals surface area contributed by atoms with Crippen LogP contribution in [0.1, 0.15) is 32.3 Å². The van der Waals surface area contributed by atoms with Crippen LogP contribution in [0.2, 0.25) is 0 Å². The molecular formula is C13H20OS. The van der Waals surface area contributed by atoms with E-state index in [1.165, 1.54) is 10.5 Å². The van der Waals surface area contributed by atoms with Gasteiger partial charge in [0.05, 0.1) is 5.60 Å². The van der Waals surface area contributed by atoms with Gasteiger partial charge in [0, 0.05) is 10.6 Å². The Kier molecular flexibility index (Phi) is 4.68. The Labute approximate surface area is 96.9 Å². The highest BCUT2D eigenvalue weighted by Gasteiger charge is 2.21. The second kappa shape index (κ2) is 5.57. The molecule has 84 valence electrons. The van der Waals surface area contributed by atoms with Gasteiger partial charge in [-0.1, -0.05) is 31.5 Å². The van der Waals surface area contributed by atoms with Gasteiger partial charge >= 0.3 is 0 Å². The first-order valence-corrected chi connectivity index (χ1v) is 6.50. The topological polar surface area (TPSA) is 20.2 Å². The molecule has 1 nitrogen and oxygen atoms in total. The molecule has 1 aromatic carbocycles. The molecule has 0 unspecified atom stereocenters. The van der Waals surface area contributed by atoms with Crippen LogP contribution in [0, 0.1) is 6.92 Å². The minimum atomic E-state index is -0.504. The summed E-state index contributed by atoms with van der Waals surface area (Å²) < 4.78 is 0. The molecule has 0 spiro atoms. The predicted octanol–water partition coefficient (Wildman–Crippen LogP) is 3.64. The zero-order valence-corrected chi connectivity index (χ0v) is 10.6. The first-order valence-electron chi connectivity index (χ1n) is 5.51. The minimum Gasteiger partial charge on any atom is -0.389 e. The standard InChI is InChI=1S/C13H20OS/c1-4-13(14,5-2)10-15-12-8-6-11(3)7-9-12/h6-9,14H,4-5,10H2,1-3H3. The maximum absolute atomic E-state index is 10.1. The molecule has 0 fully saturated rings. The SMILES string of the molecule is CCC(O)(CC)CSc1ccc(C)cc1. The van der Waals surface area contributed by atoms with Crippen LogP contribution in [0.5, 0.6) is 0 Å². The lowest BCUT2D eigenvalue weighted by Crippen LogP contribution is -2.29. The zero-order valence-electron chi connectivity index (χ0n) is 9.79. The Morgan fingerprint density at radius 3 is 2.13 bits per heavy atom. The van der Waals surface area contributed by atoms with Crippen molar-refractivity contribution >= 4 is 11.8 Å². The van der Waals surface area contributed by atoms with Crippen LogP contribution in [0.25, 0.3) is 0 Å². The monoisotopic (exact) mass is 224 g/mol. The molecule has 0 aromatic heterocycles.